The van der Waals surface area contributed by atoms with Crippen LogP contribution in [-0.2, 0) is 13.0 Å². The zero-order valence-electron chi connectivity index (χ0n) is 14.4. The lowest BCUT2D eigenvalue weighted by Crippen LogP contribution is -2.35. The van der Waals surface area contributed by atoms with Gasteiger partial charge in [-0.15, -0.1) is 11.3 Å². The molecule has 0 saturated carbocycles. The van der Waals surface area contributed by atoms with Crippen LogP contribution in [0.4, 0.5) is 11.5 Å². The molecule has 0 radical (unpaired) electrons. The first-order valence-corrected chi connectivity index (χ1v) is 9.34. The molecule has 4 rings (SSSR count). The molecule has 0 unspecified atom stereocenters. The first-order chi connectivity index (χ1) is 12.8. The predicted molar refractivity (Wildman–Crippen MR) is 103 cm³/mol. The van der Waals surface area contributed by atoms with Crippen LogP contribution in [0.1, 0.15) is 20.8 Å². The molecule has 0 spiro atoms. The van der Waals surface area contributed by atoms with Crippen LogP contribution in [0.2, 0.25) is 0 Å². The summed E-state index contributed by atoms with van der Waals surface area (Å²) in [7, 11) is 1.62. The van der Waals surface area contributed by atoms with Crippen molar-refractivity contribution in [1.29, 1.82) is 0 Å². The summed E-state index contributed by atoms with van der Waals surface area (Å²) in [6, 6.07) is 13.3. The molecule has 0 bridgehead atoms. The molecule has 2 aromatic heterocycles. The van der Waals surface area contributed by atoms with Crippen LogP contribution in [0.25, 0.3) is 0 Å². The number of nitrogens with one attached hydrogen (secondary N) is 1. The van der Waals surface area contributed by atoms with Crippen LogP contribution >= 0.6 is 11.3 Å². The third-order valence-corrected chi connectivity index (χ3v) is 5.52. The summed E-state index contributed by atoms with van der Waals surface area (Å²) < 4.78 is 5.38. The Morgan fingerprint density at radius 3 is 3.00 bits per heavy atom. The van der Waals surface area contributed by atoms with Crippen molar-refractivity contribution in [3.05, 3.63) is 70.0 Å². The summed E-state index contributed by atoms with van der Waals surface area (Å²) in [6.07, 6.45) is 2.59. The van der Waals surface area contributed by atoms with Crippen molar-refractivity contribution in [1.82, 2.24) is 9.88 Å². The highest BCUT2D eigenvalue weighted by molar-refractivity contribution is 7.10. The van der Waals surface area contributed by atoms with Crippen molar-refractivity contribution >= 4 is 28.7 Å². The molecule has 1 aromatic carbocycles. The topological polar surface area (TPSA) is 54.5 Å². The molecule has 132 valence electrons. The molecule has 0 fully saturated rings. The summed E-state index contributed by atoms with van der Waals surface area (Å²) in [6.45, 7) is 1.38. The fourth-order valence-electron chi connectivity index (χ4n) is 3.15. The normalized spacial score (nSPS) is 13.2. The number of anilines is 2. The summed E-state index contributed by atoms with van der Waals surface area (Å²) in [4.78, 5) is 20.8. The number of para-hydroxylation sites is 2. The van der Waals surface area contributed by atoms with Gasteiger partial charge in [-0.1, -0.05) is 12.1 Å². The van der Waals surface area contributed by atoms with Gasteiger partial charge in [0.05, 0.1) is 18.4 Å². The fourth-order valence-corrected chi connectivity index (χ4v) is 4.03. The van der Waals surface area contributed by atoms with Gasteiger partial charge in [0, 0.05) is 24.2 Å². The minimum Gasteiger partial charge on any atom is -0.495 e. The molecule has 0 saturated heterocycles. The molecule has 3 aromatic rings. The maximum Gasteiger partial charge on any atom is 0.257 e. The Morgan fingerprint density at radius 2 is 2.12 bits per heavy atom. The molecule has 1 amide bonds. The quantitative estimate of drug-likeness (QED) is 0.756. The van der Waals surface area contributed by atoms with Crippen LogP contribution in [0.15, 0.2) is 54.0 Å². The first kappa shape index (κ1) is 16.6. The third kappa shape index (κ3) is 3.15. The minimum absolute atomic E-state index is 0.00709. The second-order valence-electron chi connectivity index (χ2n) is 6.07. The number of methoxy groups -OCH3 is 1. The van der Waals surface area contributed by atoms with Crippen molar-refractivity contribution in [2.45, 2.75) is 13.0 Å². The van der Waals surface area contributed by atoms with Gasteiger partial charge in [0.15, 0.2) is 0 Å². The Kier molecular flexibility index (Phi) is 4.58. The van der Waals surface area contributed by atoms with Gasteiger partial charge in [-0.3, -0.25) is 4.79 Å². The van der Waals surface area contributed by atoms with E-state index in [1.807, 2.05) is 35.2 Å². The van der Waals surface area contributed by atoms with Crippen LogP contribution in [0, 0.1) is 0 Å². The van der Waals surface area contributed by atoms with Gasteiger partial charge >= 0.3 is 0 Å². The van der Waals surface area contributed by atoms with E-state index >= 15 is 0 Å². The Bertz CT molecular complexity index is 938. The Morgan fingerprint density at radius 1 is 1.23 bits per heavy atom. The highest BCUT2D eigenvalue weighted by atomic mass is 32.1. The zero-order valence-corrected chi connectivity index (χ0v) is 15.3. The predicted octanol–water partition coefficient (Wildman–Crippen LogP) is 4.09. The number of aromatic nitrogens is 1. The van der Waals surface area contributed by atoms with Gasteiger partial charge < -0.3 is 15.0 Å². The molecule has 1 aliphatic heterocycles. The van der Waals surface area contributed by atoms with Crippen LogP contribution < -0.4 is 10.1 Å². The smallest absolute Gasteiger partial charge is 0.257 e. The standard InChI is InChI=1S/C20H19N3O2S/c1-25-17-7-3-2-6-16(17)22-19-15(5-4-10-21-19)20(24)23-11-8-18-14(13-23)9-12-26-18/h2-7,9-10,12H,8,11,13H2,1H3,(H,21,22). The van der Waals surface area contributed by atoms with Crippen molar-refractivity contribution in [3.8, 4) is 5.75 Å². The number of fused-ring (bicyclic) bond motifs is 1. The number of nitrogens with zero attached hydrogens (tertiary/aromatic N) is 2. The number of carbonyl (C=O) groups is 1. The Balaban J connectivity index is 1.61. The van der Waals surface area contributed by atoms with Crippen LogP contribution in [-0.4, -0.2) is 29.4 Å². The second-order valence-corrected chi connectivity index (χ2v) is 7.07. The monoisotopic (exact) mass is 365 g/mol. The van der Waals surface area contributed by atoms with E-state index in [4.69, 9.17) is 4.74 Å². The summed E-state index contributed by atoms with van der Waals surface area (Å²) >= 11 is 1.77. The first-order valence-electron chi connectivity index (χ1n) is 8.46. The molecule has 1 aliphatic rings. The van der Waals surface area contributed by atoms with E-state index in [0.29, 0.717) is 23.7 Å². The molecule has 6 heteroatoms. The SMILES string of the molecule is COc1ccccc1Nc1ncccc1C(=O)N1CCc2sccc2C1. The number of thiophene rings is 1. The summed E-state index contributed by atoms with van der Waals surface area (Å²) in [5.74, 6) is 1.24. The van der Waals surface area contributed by atoms with Gasteiger partial charge in [0.25, 0.3) is 5.91 Å². The van der Waals surface area contributed by atoms with E-state index in [1.54, 1.807) is 30.7 Å². The lowest BCUT2D eigenvalue weighted by atomic mass is 10.1. The van der Waals surface area contributed by atoms with Gasteiger partial charge in [0.2, 0.25) is 0 Å². The van der Waals surface area contributed by atoms with E-state index in [2.05, 4.69) is 21.7 Å². The molecular weight excluding hydrogens is 346 g/mol. The summed E-state index contributed by atoms with van der Waals surface area (Å²) in [5.41, 5.74) is 2.59. The third-order valence-electron chi connectivity index (χ3n) is 4.49. The van der Waals surface area contributed by atoms with E-state index in [0.717, 1.165) is 18.7 Å². The maximum atomic E-state index is 13.1. The largest absolute Gasteiger partial charge is 0.495 e. The zero-order chi connectivity index (χ0) is 17.9. The van der Waals surface area contributed by atoms with Crippen molar-refractivity contribution in [2.24, 2.45) is 0 Å². The number of amides is 1. The van der Waals surface area contributed by atoms with E-state index in [9.17, 15) is 4.79 Å². The molecular formula is C20H19N3O2S. The fraction of sp³-hybridized carbons (Fsp3) is 0.200. The van der Waals surface area contributed by atoms with Crippen molar-refractivity contribution in [2.75, 3.05) is 19.0 Å². The van der Waals surface area contributed by atoms with E-state index in [-0.39, 0.29) is 5.91 Å². The number of rotatable bonds is 4. The van der Waals surface area contributed by atoms with Crippen LogP contribution in [0.5, 0.6) is 5.75 Å². The molecule has 1 N–H and O–H groups in total. The maximum absolute atomic E-state index is 13.1. The van der Waals surface area contributed by atoms with Gasteiger partial charge in [0.1, 0.15) is 11.6 Å². The van der Waals surface area contributed by atoms with Gasteiger partial charge in [-0.05, 0) is 47.7 Å². The highest BCUT2D eigenvalue weighted by Gasteiger charge is 2.24. The van der Waals surface area contributed by atoms with Crippen molar-refractivity contribution < 1.29 is 9.53 Å². The number of carbonyl (C=O) groups excluding carboxylic acids is 1. The molecule has 26 heavy (non-hydrogen) atoms. The molecule has 0 aliphatic carbocycles. The molecule has 0 atom stereocenters. The van der Waals surface area contributed by atoms with Crippen molar-refractivity contribution in [3.63, 3.8) is 0 Å². The number of hydrogen-bond acceptors (Lipinski definition) is 5. The van der Waals surface area contributed by atoms with Gasteiger partial charge in [-0.2, -0.15) is 0 Å². The average molecular weight is 365 g/mol. The summed E-state index contributed by atoms with van der Waals surface area (Å²) in [5, 5.41) is 5.34. The number of pyridine rings is 1. The number of benzene rings is 1. The second kappa shape index (κ2) is 7.17. The highest BCUT2D eigenvalue weighted by Crippen LogP contribution is 2.29. The average Bonchev–Trinajstić information content (AvgIpc) is 3.16. The molecule has 5 nitrogen and oxygen atoms in total. The Hall–Kier alpha value is -2.86. The number of ether oxygens (including phenoxy) is 1. The van der Waals surface area contributed by atoms with E-state index < -0.39 is 0 Å². The lowest BCUT2D eigenvalue weighted by Gasteiger charge is -2.27. The lowest BCUT2D eigenvalue weighted by molar-refractivity contribution is 0.0736. The van der Waals surface area contributed by atoms with Crippen LogP contribution in [0.3, 0.4) is 0 Å². The number of hydrogen-bond donors (Lipinski definition) is 1. The minimum atomic E-state index is -0.00709. The van der Waals surface area contributed by atoms with E-state index in [1.165, 1.54) is 10.4 Å². The molecule has 3 heterocycles. The van der Waals surface area contributed by atoms with Gasteiger partial charge in [-0.25, -0.2) is 4.98 Å². The Labute approximate surface area is 156 Å².